The van der Waals surface area contributed by atoms with Crippen LogP contribution in [0.3, 0.4) is 0 Å². The molecule has 3 aromatic carbocycles. The van der Waals surface area contributed by atoms with Gasteiger partial charge in [0, 0.05) is 16.1 Å². The van der Waals surface area contributed by atoms with Gasteiger partial charge in [-0.15, -0.1) is 0 Å². The number of aliphatic imine (C=N–C) groups is 1. The van der Waals surface area contributed by atoms with Crippen LogP contribution in [0.4, 0.5) is 11.4 Å². The molecule has 0 aromatic heterocycles. The van der Waals surface area contributed by atoms with Gasteiger partial charge in [-0.2, -0.15) is 0 Å². The van der Waals surface area contributed by atoms with Crippen molar-refractivity contribution in [3.05, 3.63) is 65.2 Å². The predicted molar refractivity (Wildman–Crippen MR) is 99.1 cm³/mol. The number of carbonyl (C=O) groups is 1. The first kappa shape index (κ1) is 16.0. The fourth-order valence-corrected chi connectivity index (χ4v) is 2.70. The Hall–Kier alpha value is -2.85. The highest BCUT2D eigenvalue weighted by Gasteiger charge is 2.19. The van der Waals surface area contributed by atoms with Crippen LogP contribution < -0.4 is 10.1 Å². The number of rotatable bonds is 4. The molecule has 0 atom stereocenters. The predicted octanol–water partition coefficient (Wildman–Crippen LogP) is 5.09. The lowest BCUT2D eigenvalue weighted by Crippen LogP contribution is -2.13. The largest absolute Gasteiger partial charge is 0.494 e. The van der Waals surface area contributed by atoms with Gasteiger partial charge in [0.25, 0.3) is 5.91 Å². The van der Waals surface area contributed by atoms with Gasteiger partial charge < -0.3 is 10.1 Å². The monoisotopic (exact) mass is 338 g/mol. The highest BCUT2D eigenvalue weighted by Crippen LogP contribution is 2.39. The molecule has 0 heterocycles. The van der Waals surface area contributed by atoms with E-state index in [1.54, 1.807) is 30.3 Å². The van der Waals surface area contributed by atoms with Crippen molar-refractivity contribution in [2.75, 3.05) is 12.4 Å². The Bertz CT molecular complexity index is 921. The number of nitrogens with one attached hydrogen (secondary N) is 1. The second-order valence-electron chi connectivity index (χ2n) is 5.15. The minimum Gasteiger partial charge on any atom is -0.494 e. The SMILES string of the molecule is C=Nc1c(OC)c(C(=O)Nc2ccc(Cl)cc2)cc2ccccc12. The van der Waals surface area contributed by atoms with Gasteiger partial charge >= 0.3 is 0 Å². The molecule has 120 valence electrons. The molecule has 3 aromatic rings. The minimum absolute atomic E-state index is 0.287. The summed E-state index contributed by atoms with van der Waals surface area (Å²) in [5, 5.41) is 5.22. The van der Waals surface area contributed by atoms with Gasteiger partial charge in [0.2, 0.25) is 0 Å². The van der Waals surface area contributed by atoms with Crippen LogP contribution >= 0.6 is 11.6 Å². The van der Waals surface area contributed by atoms with Crippen LogP contribution in [-0.4, -0.2) is 19.7 Å². The molecule has 0 fully saturated rings. The summed E-state index contributed by atoms with van der Waals surface area (Å²) in [6, 6.07) is 16.3. The number of hydrogen-bond donors (Lipinski definition) is 1. The average molecular weight is 339 g/mol. The fourth-order valence-electron chi connectivity index (χ4n) is 2.57. The second-order valence-corrected chi connectivity index (χ2v) is 5.58. The smallest absolute Gasteiger partial charge is 0.259 e. The van der Waals surface area contributed by atoms with Crippen molar-refractivity contribution < 1.29 is 9.53 Å². The average Bonchev–Trinajstić information content (AvgIpc) is 2.61. The summed E-state index contributed by atoms with van der Waals surface area (Å²) in [7, 11) is 1.51. The van der Waals surface area contributed by atoms with E-state index >= 15 is 0 Å². The van der Waals surface area contributed by atoms with Gasteiger partial charge in [-0.05, 0) is 42.4 Å². The Morgan fingerprint density at radius 3 is 2.54 bits per heavy atom. The summed E-state index contributed by atoms with van der Waals surface area (Å²) in [5.74, 6) is 0.111. The molecule has 0 unspecified atom stereocenters. The number of hydrogen-bond acceptors (Lipinski definition) is 3. The lowest BCUT2D eigenvalue weighted by molar-refractivity contribution is 0.102. The van der Waals surface area contributed by atoms with Crippen molar-refractivity contribution >= 4 is 46.4 Å². The van der Waals surface area contributed by atoms with Crippen molar-refractivity contribution in [1.82, 2.24) is 0 Å². The van der Waals surface area contributed by atoms with Crippen molar-refractivity contribution in [2.45, 2.75) is 0 Å². The maximum Gasteiger partial charge on any atom is 0.259 e. The third-order valence-corrected chi connectivity index (χ3v) is 3.94. The number of anilines is 1. The van der Waals surface area contributed by atoms with Gasteiger partial charge in [-0.25, -0.2) is 0 Å². The summed E-state index contributed by atoms with van der Waals surface area (Å²) < 4.78 is 5.44. The van der Waals surface area contributed by atoms with Crippen LogP contribution in [0.25, 0.3) is 10.8 Å². The summed E-state index contributed by atoms with van der Waals surface area (Å²) in [5.41, 5.74) is 1.60. The van der Waals surface area contributed by atoms with E-state index in [2.05, 4.69) is 17.0 Å². The standard InChI is InChI=1S/C19H15ClN2O2/c1-21-17-15-6-4-3-5-12(15)11-16(18(17)24-2)19(23)22-14-9-7-13(20)8-10-14/h3-11H,1H2,2H3,(H,22,23). The van der Waals surface area contributed by atoms with Crippen LogP contribution in [0.15, 0.2) is 59.6 Å². The molecular weight excluding hydrogens is 324 g/mol. The molecule has 0 aliphatic carbocycles. The maximum atomic E-state index is 12.7. The van der Waals surface area contributed by atoms with E-state index in [1.807, 2.05) is 24.3 Å². The van der Waals surface area contributed by atoms with Gasteiger partial charge in [-0.1, -0.05) is 35.9 Å². The number of amides is 1. The molecule has 5 heteroatoms. The van der Waals surface area contributed by atoms with Crippen LogP contribution in [0.2, 0.25) is 5.02 Å². The van der Waals surface area contributed by atoms with Crippen LogP contribution in [0.1, 0.15) is 10.4 Å². The van der Waals surface area contributed by atoms with Crippen LogP contribution in [-0.2, 0) is 0 Å². The Balaban J connectivity index is 2.08. The molecule has 0 saturated heterocycles. The first-order valence-electron chi connectivity index (χ1n) is 7.27. The minimum atomic E-state index is -0.287. The molecule has 1 N–H and O–H groups in total. The summed E-state index contributed by atoms with van der Waals surface area (Å²) in [6.45, 7) is 3.61. The zero-order valence-corrected chi connectivity index (χ0v) is 13.8. The highest BCUT2D eigenvalue weighted by molar-refractivity contribution is 6.30. The maximum absolute atomic E-state index is 12.7. The van der Waals surface area contributed by atoms with E-state index in [9.17, 15) is 4.79 Å². The first-order chi connectivity index (χ1) is 11.6. The molecular formula is C19H15ClN2O2. The van der Waals surface area contributed by atoms with Crippen molar-refractivity contribution in [3.8, 4) is 5.75 Å². The number of halogens is 1. The number of carbonyl (C=O) groups excluding carboxylic acids is 1. The number of fused-ring (bicyclic) bond motifs is 1. The van der Waals surface area contributed by atoms with Crippen molar-refractivity contribution in [2.24, 2.45) is 4.99 Å². The van der Waals surface area contributed by atoms with E-state index in [4.69, 9.17) is 16.3 Å². The molecule has 0 bridgehead atoms. The van der Waals surface area contributed by atoms with Gasteiger partial charge in [0.15, 0.2) is 5.75 Å². The van der Waals surface area contributed by atoms with E-state index in [1.165, 1.54) is 7.11 Å². The number of nitrogens with zero attached hydrogens (tertiary/aromatic N) is 1. The molecule has 3 rings (SSSR count). The molecule has 24 heavy (non-hydrogen) atoms. The fraction of sp³-hybridized carbons (Fsp3) is 0.0526. The third-order valence-electron chi connectivity index (χ3n) is 3.68. The molecule has 0 aliphatic rings. The Morgan fingerprint density at radius 1 is 1.17 bits per heavy atom. The normalized spacial score (nSPS) is 10.4. The molecule has 0 aliphatic heterocycles. The van der Waals surface area contributed by atoms with E-state index in [0.717, 1.165) is 10.8 Å². The summed E-state index contributed by atoms with van der Waals surface area (Å²) in [4.78, 5) is 16.8. The molecule has 4 nitrogen and oxygen atoms in total. The quantitative estimate of drug-likeness (QED) is 0.674. The lowest BCUT2D eigenvalue weighted by Gasteiger charge is -2.14. The van der Waals surface area contributed by atoms with Gasteiger partial charge in [0.1, 0.15) is 5.69 Å². The van der Waals surface area contributed by atoms with Gasteiger partial charge in [0.05, 0.1) is 12.7 Å². The Kier molecular flexibility index (Phi) is 4.49. The number of methoxy groups -OCH3 is 1. The van der Waals surface area contributed by atoms with Crippen molar-refractivity contribution in [1.29, 1.82) is 0 Å². The third kappa shape index (κ3) is 2.96. The molecule has 0 saturated carbocycles. The number of ether oxygens (including phenoxy) is 1. The van der Waals surface area contributed by atoms with E-state index in [0.29, 0.717) is 27.7 Å². The molecule has 1 amide bonds. The molecule has 0 spiro atoms. The van der Waals surface area contributed by atoms with Crippen molar-refractivity contribution in [3.63, 3.8) is 0 Å². The first-order valence-corrected chi connectivity index (χ1v) is 7.65. The number of benzene rings is 3. The van der Waals surface area contributed by atoms with E-state index < -0.39 is 0 Å². The van der Waals surface area contributed by atoms with Gasteiger partial charge in [-0.3, -0.25) is 9.79 Å². The van der Waals surface area contributed by atoms with Crippen LogP contribution in [0.5, 0.6) is 5.75 Å². The summed E-state index contributed by atoms with van der Waals surface area (Å²) >= 11 is 5.87. The lowest BCUT2D eigenvalue weighted by atomic mass is 10.0. The Labute approximate surface area is 144 Å². The second kappa shape index (κ2) is 6.72. The highest BCUT2D eigenvalue weighted by atomic mass is 35.5. The zero-order valence-electron chi connectivity index (χ0n) is 13.0. The Morgan fingerprint density at radius 2 is 1.88 bits per heavy atom. The topological polar surface area (TPSA) is 50.7 Å². The summed E-state index contributed by atoms with van der Waals surface area (Å²) in [6.07, 6.45) is 0. The van der Waals surface area contributed by atoms with Crippen LogP contribution in [0, 0.1) is 0 Å². The van der Waals surface area contributed by atoms with E-state index in [-0.39, 0.29) is 5.91 Å². The zero-order chi connectivity index (χ0) is 17.1. The molecule has 0 radical (unpaired) electrons.